The quantitative estimate of drug-likeness (QED) is 0.175. The number of allylic oxidation sites excluding steroid dienone is 1. The zero-order valence-corrected chi connectivity index (χ0v) is 20.4. The fraction of sp³-hybridized carbons (Fsp3) is 0.550. The van der Waals surface area contributed by atoms with Gasteiger partial charge in [-0.3, -0.25) is 9.69 Å². The SMILES string of the molecule is C=CCOC(=O)C1=C(SC=CC#N)S[C@@H]2[C@@H]([C@@H](C)O[Si](C)(C)C(C)(C)C)C(=O)N12. The molecular formula is C20H28N2O4S2Si. The normalized spacial score (nSPS) is 22.9. The fourth-order valence-electron chi connectivity index (χ4n) is 2.86. The average Bonchev–Trinajstić information content (AvgIpc) is 2.93. The molecule has 0 aliphatic carbocycles. The third kappa shape index (κ3) is 4.82. The van der Waals surface area contributed by atoms with Crippen LogP contribution in [0.4, 0.5) is 0 Å². The highest BCUT2D eigenvalue weighted by atomic mass is 32.2. The number of rotatable bonds is 8. The van der Waals surface area contributed by atoms with Gasteiger partial charge in [0.1, 0.15) is 12.0 Å². The molecule has 0 spiro atoms. The summed E-state index contributed by atoms with van der Waals surface area (Å²) < 4.78 is 12.3. The minimum absolute atomic E-state index is 0.0393. The Morgan fingerprint density at radius 2 is 2.14 bits per heavy atom. The summed E-state index contributed by atoms with van der Waals surface area (Å²) in [7, 11) is -2.03. The minimum Gasteiger partial charge on any atom is -0.457 e. The molecule has 2 heterocycles. The van der Waals surface area contributed by atoms with Gasteiger partial charge in [-0.25, -0.2) is 4.79 Å². The first kappa shape index (κ1) is 23.8. The van der Waals surface area contributed by atoms with Crippen molar-refractivity contribution in [2.75, 3.05) is 6.61 Å². The fourth-order valence-corrected chi connectivity index (χ4v) is 6.83. The number of carbonyl (C=O) groups is 2. The first-order chi connectivity index (χ1) is 13.5. The summed E-state index contributed by atoms with van der Waals surface area (Å²) in [5.74, 6) is -1.01. The van der Waals surface area contributed by atoms with Crippen LogP contribution in [-0.2, 0) is 18.8 Å². The van der Waals surface area contributed by atoms with E-state index in [1.807, 2.05) is 13.0 Å². The van der Waals surface area contributed by atoms with Crippen LogP contribution < -0.4 is 0 Å². The number of amides is 1. The van der Waals surface area contributed by atoms with Gasteiger partial charge in [0.05, 0.1) is 22.3 Å². The van der Waals surface area contributed by atoms with Crippen LogP contribution in [0, 0.1) is 17.2 Å². The highest BCUT2D eigenvalue weighted by Crippen LogP contribution is 2.55. The van der Waals surface area contributed by atoms with Crippen LogP contribution in [-0.4, -0.2) is 43.2 Å². The van der Waals surface area contributed by atoms with Gasteiger partial charge in [-0.1, -0.05) is 56.9 Å². The third-order valence-corrected chi connectivity index (χ3v) is 12.4. The molecule has 0 aromatic heterocycles. The Hall–Kier alpha value is -1.47. The first-order valence-electron chi connectivity index (χ1n) is 9.37. The smallest absolute Gasteiger partial charge is 0.357 e. The Labute approximate surface area is 182 Å². The van der Waals surface area contributed by atoms with Gasteiger partial charge in [0.15, 0.2) is 14.0 Å². The maximum atomic E-state index is 13.0. The number of esters is 1. The number of hydrogen-bond donors (Lipinski definition) is 0. The van der Waals surface area contributed by atoms with E-state index in [4.69, 9.17) is 14.4 Å². The predicted octanol–water partition coefficient (Wildman–Crippen LogP) is 4.60. The molecule has 1 amide bonds. The Morgan fingerprint density at radius 1 is 1.48 bits per heavy atom. The number of carbonyl (C=O) groups excluding carboxylic acids is 2. The maximum Gasteiger partial charge on any atom is 0.357 e. The molecule has 0 unspecified atom stereocenters. The van der Waals surface area contributed by atoms with Crippen LogP contribution in [0.1, 0.15) is 27.7 Å². The molecule has 1 fully saturated rings. The van der Waals surface area contributed by atoms with Crippen LogP contribution >= 0.6 is 23.5 Å². The molecule has 158 valence electrons. The average molecular weight is 453 g/mol. The summed E-state index contributed by atoms with van der Waals surface area (Å²) in [5.41, 5.74) is 0.246. The van der Waals surface area contributed by atoms with E-state index in [0.29, 0.717) is 4.24 Å². The van der Waals surface area contributed by atoms with Gasteiger partial charge in [-0.05, 0) is 30.5 Å². The number of nitrogens with zero attached hydrogens (tertiary/aromatic N) is 2. The van der Waals surface area contributed by atoms with Crippen molar-refractivity contribution >= 4 is 43.7 Å². The number of thioether (sulfide) groups is 2. The molecule has 0 aromatic rings. The van der Waals surface area contributed by atoms with Gasteiger partial charge in [0, 0.05) is 6.08 Å². The summed E-state index contributed by atoms with van der Waals surface area (Å²) in [4.78, 5) is 27.1. The van der Waals surface area contributed by atoms with E-state index in [-0.39, 0.29) is 40.6 Å². The largest absolute Gasteiger partial charge is 0.457 e. The van der Waals surface area contributed by atoms with Crippen molar-refractivity contribution in [2.24, 2.45) is 5.92 Å². The molecule has 0 radical (unpaired) electrons. The van der Waals surface area contributed by atoms with Crippen LogP contribution in [0.25, 0.3) is 0 Å². The van der Waals surface area contributed by atoms with Gasteiger partial charge in [-0.2, -0.15) is 5.26 Å². The lowest BCUT2D eigenvalue weighted by atomic mass is 9.92. The number of ether oxygens (including phenoxy) is 1. The molecular weight excluding hydrogens is 424 g/mol. The molecule has 9 heteroatoms. The maximum absolute atomic E-state index is 13.0. The van der Waals surface area contributed by atoms with Crippen LogP contribution in [0.15, 0.2) is 34.1 Å². The molecule has 3 atom stereocenters. The van der Waals surface area contributed by atoms with Gasteiger partial charge >= 0.3 is 5.97 Å². The van der Waals surface area contributed by atoms with E-state index in [0.717, 1.165) is 0 Å². The summed E-state index contributed by atoms with van der Waals surface area (Å²) in [6, 6.07) is 1.93. The number of β-lactam (4-membered cyclic amide) rings is 1. The van der Waals surface area contributed by atoms with Crippen LogP contribution in [0.5, 0.6) is 0 Å². The van der Waals surface area contributed by atoms with Gasteiger partial charge in [0.2, 0.25) is 5.91 Å². The van der Waals surface area contributed by atoms with Crippen LogP contribution in [0.3, 0.4) is 0 Å². The lowest BCUT2D eigenvalue weighted by molar-refractivity contribution is -0.157. The van der Waals surface area contributed by atoms with E-state index >= 15 is 0 Å². The van der Waals surface area contributed by atoms with Crippen LogP contribution in [0.2, 0.25) is 18.1 Å². The van der Waals surface area contributed by atoms with Crippen molar-refractivity contribution in [3.05, 3.63) is 34.1 Å². The molecule has 2 aliphatic rings. The van der Waals surface area contributed by atoms with Gasteiger partial charge in [0.25, 0.3) is 0 Å². The van der Waals surface area contributed by atoms with Crippen molar-refractivity contribution in [3.8, 4) is 6.07 Å². The number of fused-ring (bicyclic) bond motifs is 1. The second-order valence-corrected chi connectivity index (χ2v) is 15.5. The molecule has 1 saturated heterocycles. The van der Waals surface area contributed by atoms with E-state index in [1.54, 1.807) is 5.41 Å². The van der Waals surface area contributed by atoms with E-state index in [2.05, 4.69) is 40.4 Å². The Balaban J connectivity index is 2.22. The lowest BCUT2D eigenvalue weighted by Crippen LogP contribution is -2.62. The monoisotopic (exact) mass is 452 g/mol. The van der Waals surface area contributed by atoms with Gasteiger partial charge in [-0.15, -0.1) is 0 Å². The summed E-state index contributed by atoms with van der Waals surface area (Å²) >= 11 is 2.70. The molecule has 2 rings (SSSR count). The first-order valence-corrected chi connectivity index (χ1v) is 14.0. The Kier molecular flexibility index (Phi) is 7.49. The van der Waals surface area contributed by atoms with Crippen molar-refractivity contribution in [1.82, 2.24) is 4.90 Å². The van der Waals surface area contributed by atoms with Crippen molar-refractivity contribution in [1.29, 1.82) is 5.26 Å². The predicted molar refractivity (Wildman–Crippen MR) is 120 cm³/mol. The molecule has 2 aliphatic heterocycles. The van der Waals surface area contributed by atoms with Crippen molar-refractivity contribution in [3.63, 3.8) is 0 Å². The molecule has 0 aromatic carbocycles. The Bertz CT molecular complexity index is 795. The topological polar surface area (TPSA) is 79.6 Å². The number of nitriles is 1. The third-order valence-electron chi connectivity index (χ3n) is 5.38. The standard InChI is InChI=1S/C20H28N2O4S2Si/c1-8-11-25-18(24)15-19(27-12-9-10-21)28-17-14(16(23)22(15)17)13(2)26-29(6,7)20(3,4)5/h8-9,12-14,17H,1,11H2,2-7H3/t13-,14+,17-/m1/s1. The summed E-state index contributed by atoms with van der Waals surface area (Å²) in [5, 5.41) is 10.2. The van der Waals surface area contributed by atoms with E-state index in [9.17, 15) is 9.59 Å². The zero-order valence-electron chi connectivity index (χ0n) is 17.7. The zero-order chi connectivity index (χ0) is 22.0. The minimum atomic E-state index is -2.03. The number of hydrogen-bond acceptors (Lipinski definition) is 7. The highest BCUT2D eigenvalue weighted by molar-refractivity contribution is 8.24. The summed E-state index contributed by atoms with van der Waals surface area (Å²) in [6.45, 7) is 16.4. The van der Waals surface area contributed by atoms with E-state index < -0.39 is 14.3 Å². The molecule has 0 bridgehead atoms. The summed E-state index contributed by atoms with van der Waals surface area (Å²) in [6.07, 6.45) is 2.57. The molecule has 6 nitrogen and oxygen atoms in total. The molecule has 0 N–H and O–H groups in total. The van der Waals surface area contributed by atoms with Crippen molar-refractivity contribution in [2.45, 2.75) is 57.3 Å². The molecule has 0 saturated carbocycles. The van der Waals surface area contributed by atoms with E-state index in [1.165, 1.54) is 40.6 Å². The van der Waals surface area contributed by atoms with Gasteiger partial charge < -0.3 is 9.16 Å². The second-order valence-electron chi connectivity index (χ2n) is 8.40. The second kappa shape index (κ2) is 9.12. The lowest BCUT2D eigenvalue weighted by Gasteiger charge is -2.48. The van der Waals surface area contributed by atoms with Crippen molar-refractivity contribution < 1.29 is 18.8 Å². The molecule has 29 heavy (non-hydrogen) atoms. The highest BCUT2D eigenvalue weighted by Gasteiger charge is 2.59. The Morgan fingerprint density at radius 3 is 2.69 bits per heavy atom.